The first kappa shape index (κ1) is 23.9. The Bertz CT molecular complexity index is 1410. The highest BCUT2D eigenvalue weighted by Crippen LogP contribution is 2.40. The summed E-state index contributed by atoms with van der Waals surface area (Å²) in [4.78, 5) is 13.7. The number of anilines is 2. The number of rotatable bonds is 7. The molecule has 4 nitrogen and oxygen atoms in total. The van der Waals surface area contributed by atoms with Gasteiger partial charge in [-0.25, -0.2) is 9.18 Å². The molecular weight excluding hydrogens is 453 g/mol. The van der Waals surface area contributed by atoms with Gasteiger partial charge in [0.15, 0.2) is 0 Å². The van der Waals surface area contributed by atoms with E-state index in [4.69, 9.17) is 4.74 Å². The number of carboxylic acids is 1. The Labute approximate surface area is 211 Å². The molecule has 0 fully saturated rings. The van der Waals surface area contributed by atoms with Crippen molar-refractivity contribution in [3.05, 3.63) is 101 Å². The predicted molar refractivity (Wildman–Crippen MR) is 142 cm³/mol. The fraction of sp³-hybridized carbons (Fsp3) is 0.258. The van der Waals surface area contributed by atoms with E-state index >= 15 is 0 Å². The number of halogens is 1. The number of ether oxygens (including phenoxy) is 1. The van der Waals surface area contributed by atoms with Crippen molar-refractivity contribution in [2.45, 2.75) is 45.1 Å². The summed E-state index contributed by atoms with van der Waals surface area (Å²) >= 11 is 0. The largest absolute Gasteiger partial charge is 0.486 e. The summed E-state index contributed by atoms with van der Waals surface area (Å²) in [5, 5.41) is 12.2. The lowest BCUT2D eigenvalue weighted by molar-refractivity contribution is 0.0696. The molecule has 0 aliphatic carbocycles. The predicted octanol–water partition coefficient (Wildman–Crippen LogP) is 7.86. The Hall–Kier alpha value is -3.86. The van der Waals surface area contributed by atoms with E-state index in [0.29, 0.717) is 29.5 Å². The van der Waals surface area contributed by atoms with Gasteiger partial charge in [0.25, 0.3) is 0 Å². The topological polar surface area (TPSA) is 49.8 Å². The molecule has 5 heteroatoms. The van der Waals surface area contributed by atoms with Crippen molar-refractivity contribution in [2.75, 3.05) is 11.4 Å². The first-order valence-corrected chi connectivity index (χ1v) is 12.5. The van der Waals surface area contributed by atoms with Gasteiger partial charge in [-0.05, 0) is 78.3 Å². The average Bonchev–Trinajstić information content (AvgIpc) is 2.88. The zero-order valence-corrected chi connectivity index (χ0v) is 20.6. The van der Waals surface area contributed by atoms with E-state index in [1.165, 1.54) is 28.5 Å². The Morgan fingerprint density at radius 3 is 2.72 bits per heavy atom. The number of fused-ring (bicyclic) bond motifs is 2. The first-order valence-electron chi connectivity index (χ1n) is 12.5. The maximum atomic E-state index is 14.1. The van der Waals surface area contributed by atoms with Gasteiger partial charge in [0.2, 0.25) is 0 Å². The van der Waals surface area contributed by atoms with E-state index in [1.807, 2.05) is 11.0 Å². The molecule has 0 bridgehead atoms. The third kappa shape index (κ3) is 4.78. The van der Waals surface area contributed by atoms with Gasteiger partial charge in [-0.3, -0.25) is 0 Å². The van der Waals surface area contributed by atoms with Crippen molar-refractivity contribution in [1.29, 1.82) is 0 Å². The number of carbonyl (C=O) groups is 1. The van der Waals surface area contributed by atoms with E-state index < -0.39 is 5.97 Å². The molecule has 1 unspecified atom stereocenters. The summed E-state index contributed by atoms with van der Waals surface area (Å²) in [6, 6.07) is 24.9. The number of nitrogens with zero attached hydrogens (tertiary/aromatic N) is 1. The van der Waals surface area contributed by atoms with Crippen LogP contribution in [0.5, 0.6) is 5.75 Å². The van der Waals surface area contributed by atoms with Gasteiger partial charge in [0, 0.05) is 11.8 Å². The first-order chi connectivity index (χ1) is 17.4. The van der Waals surface area contributed by atoms with Crippen LogP contribution in [0.15, 0.2) is 78.9 Å². The number of carboxylic acid groups (broad SMARTS) is 1. The smallest absolute Gasteiger partial charge is 0.336 e. The minimum Gasteiger partial charge on any atom is -0.486 e. The molecule has 4 aromatic rings. The van der Waals surface area contributed by atoms with Crippen molar-refractivity contribution in [1.82, 2.24) is 0 Å². The van der Waals surface area contributed by atoms with Crippen LogP contribution < -0.4 is 9.64 Å². The maximum Gasteiger partial charge on any atom is 0.336 e. The van der Waals surface area contributed by atoms with Gasteiger partial charge in [-0.1, -0.05) is 55.5 Å². The van der Waals surface area contributed by atoms with Crippen LogP contribution in [0.4, 0.5) is 15.8 Å². The average molecular weight is 484 g/mol. The monoisotopic (exact) mass is 483 g/mol. The normalized spacial score (nSPS) is 15.9. The summed E-state index contributed by atoms with van der Waals surface area (Å²) < 4.78 is 20.4. The lowest BCUT2D eigenvalue weighted by atomic mass is 9.90. The molecule has 2 atom stereocenters. The molecule has 0 amide bonds. The molecule has 36 heavy (non-hydrogen) atoms. The summed E-state index contributed by atoms with van der Waals surface area (Å²) in [5.41, 5.74) is 3.65. The molecule has 1 N–H and O–H groups in total. The second-order valence-electron chi connectivity index (χ2n) is 9.67. The molecule has 0 saturated carbocycles. The molecule has 1 aliphatic rings. The Balaban J connectivity index is 1.34. The maximum absolute atomic E-state index is 14.1. The van der Waals surface area contributed by atoms with Gasteiger partial charge in [-0.15, -0.1) is 0 Å². The second kappa shape index (κ2) is 10.0. The zero-order valence-electron chi connectivity index (χ0n) is 20.6. The Kier molecular flexibility index (Phi) is 6.64. The Morgan fingerprint density at radius 2 is 1.89 bits per heavy atom. The van der Waals surface area contributed by atoms with Crippen molar-refractivity contribution in [3.8, 4) is 5.75 Å². The highest BCUT2D eigenvalue weighted by atomic mass is 19.1. The van der Waals surface area contributed by atoms with E-state index in [2.05, 4.69) is 49.4 Å². The van der Waals surface area contributed by atoms with E-state index in [0.717, 1.165) is 24.9 Å². The van der Waals surface area contributed by atoms with E-state index in [-0.39, 0.29) is 17.5 Å². The molecule has 1 aliphatic heterocycles. The van der Waals surface area contributed by atoms with Crippen LogP contribution in [0.1, 0.15) is 53.6 Å². The third-order valence-corrected chi connectivity index (χ3v) is 7.17. The standard InChI is InChI=1S/C31H30FNO3/c1-20(26-12-6-9-22-8-3-4-11-27(22)26)7-5-10-25-19-33(29-17-23(32)14-16-30(29)36-25)24-15-13-21(2)28(18-24)31(34)35/h3-4,6,8-9,11-18,20,25H,5,7,10,19H2,1-2H3,(H,34,35)/t20-,25?/m0/s1. The fourth-order valence-corrected chi connectivity index (χ4v) is 5.21. The lowest BCUT2D eigenvalue weighted by Gasteiger charge is -2.36. The lowest BCUT2D eigenvalue weighted by Crippen LogP contribution is -2.37. The summed E-state index contributed by atoms with van der Waals surface area (Å²) in [6.07, 6.45) is 2.77. The highest BCUT2D eigenvalue weighted by Gasteiger charge is 2.28. The summed E-state index contributed by atoms with van der Waals surface area (Å²) in [7, 11) is 0. The minimum atomic E-state index is -0.971. The van der Waals surface area contributed by atoms with Gasteiger partial charge in [0.05, 0.1) is 17.8 Å². The number of hydrogen-bond donors (Lipinski definition) is 1. The molecule has 0 saturated heterocycles. The van der Waals surface area contributed by atoms with Crippen molar-refractivity contribution in [2.24, 2.45) is 0 Å². The van der Waals surface area contributed by atoms with Crippen LogP contribution in [-0.4, -0.2) is 23.7 Å². The van der Waals surface area contributed by atoms with Crippen LogP contribution in [0.2, 0.25) is 0 Å². The van der Waals surface area contributed by atoms with Gasteiger partial charge in [-0.2, -0.15) is 0 Å². The van der Waals surface area contributed by atoms with E-state index in [1.54, 1.807) is 25.1 Å². The van der Waals surface area contributed by atoms with Gasteiger partial charge in [0.1, 0.15) is 17.7 Å². The number of aryl methyl sites for hydroxylation is 1. The molecular formula is C31H30FNO3. The van der Waals surface area contributed by atoms with Crippen molar-refractivity contribution in [3.63, 3.8) is 0 Å². The highest BCUT2D eigenvalue weighted by molar-refractivity contribution is 5.91. The molecule has 1 heterocycles. The molecule has 0 aromatic heterocycles. The second-order valence-corrected chi connectivity index (χ2v) is 9.67. The van der Waals surface area contributed by atoms with Crippen molar-refractivity contribution < 1.29 is 19.0 Å². The van der Waals surface area contributed by atoms with Crippen LogP contribution in [0.25, 0.3) is 10.8 Å². The summed E-state index contributed by atoms with van der Waals surface area (Å²) in [6.45, 7) is 4.58. The van der Waals surface area contributed by atoms with Crippen LogP contribution >= 0.6 is 0 Å². The number of benzene rings is 4. The molecule has 5 rings (SSSR count). The van der Waals surface area contributed by atoms with Crippen LogP contribution in [-0.2, 0) is 0 Å². The zero-order chi connectivity index (χ0) is 25.2. The molecule has 0 spiro atoms. The molecule has 184 valence electrons. The summed E-state index contributed by atoms with van der Waals surface area (Å²) in [5.74, 6) is -0.295. The number of aromatic carboxylic acids is 1. The molecule has 0 radical (unpaired) electrons. The van der Waals surface area contributed by atoms with Crippen LogP contribution in [0.3, 0.4) is 0 Å². The van der Waals surface area contributed by atoms with E-state index in [9.17, 15) is 14.3 Å². The third-order valence-electron chi connectivity index (χ3n) is 7.17. The van der Waals surface area contributed by atoms with Crippen LogP contribution in [0, 0.1) is 12.7 Å². The SMILES string of the molecule is Cc1ccc(N2CC(CCC[C@H](C)c3cccc4ccccc34)Oc3ccc(F)cc32)cc1C(=O)O. The number of hydrogen-bond acceptors (Lipinski definition) is 3. The minimum absolute atomic E-state index is 0.0859. The molecule has 4 aromatic carbocycles. The van der Waals surface area contributed by atoms with Gasteiger partial charge < -0.3 is 14.7 Å². The quantitative estimate of drug-likeness (QED) is 0.291. The fourth-order valence-electron chi connectivity index (χ4n) is 5.21. The van der Waals surface area contributed by atoms with Gasteiger partial charge >= 0.3 is 5.97 Å². The van der Waals surface area contributed by atoms with Crippen molar-refractivity contribution >= 4 is 28.1 Å². The Morgan fingerprint density at radius 1 is 1.08 bits per heavy atom.